The van der Waals surface area contributed by atoms with E-state index in [-0.39, 0.29) is 5.78 Å². The molecule has 1 fully saturated rings. The molecule has 4 heteroatoms. The molecule has 15 heavy (non-hydrogen) atoms. The molecule has 0 spiro atoms. The molecule has 0 saturated carbocycles. The molecule has 1 heterocycles. The number of Topliss-reactive ketones (excluding diaryl/α,β-unsaturated/α-hetero) is 1. The molecule has 1 aromatic carbocycles. The van der Waals surface area contributed by atoms with Crippen molar-refractivity contribution >= 4 is 29.0 Å². The average Bonchev–Trinajstić information content (AvgIpc) is 2.97. The van der Waals surface area contributed by atoms with E-state index in [4.69, 9.17) is 27.9 Å². The Balaban J connectivity index is 2.42. The molecule has 1 aliphatic heterocycles. The van der Waals surface area contributed by atoms with Crippen LogP contribution in [-0.4, -0.2) is 12.4 Å². The van der Waals surface area contributed by atoms with E-state index in [0.29, 0.717) is 23.1 Å². The summed E-state index contributed by atoms with van der Waals surface area (Å²) in [6, 6.07) is 5.10. The third kappa shape index (κ3) is 1.78. The largest absolute Gasteiger partial charge is 0.356 e. The maximum Gasteiger partial charge on any atom is 0.176 e. The Hall–Kier alpha value is -0.570. The van der Waals surface area contributed by atoms with Crippen molar-refractivity contribution in [2.75, 3.05) is 6.61 Å². The molecule has 0 aromatic heterocycles. The number of halogens is 2. The van der Waals surface area contributed by atoms with Gasteiger partial charge in [0.25, 0.3) is 0 Å². The quantitative estimate of drug-likeness (QED) is 0.765. The molecule has 0 aliphatic carbocycles. The highest BCUT2D eigenvalue weighted by Crippen LogP contribution is 2.44. The molecule has 80 valence electrons. The van der Waals surface area contributed by atoms with E-state index in [9.17, 15) is 4.79 Å². The van der Waals surface area contributed by atoms with Gasteiger partial charge in [-0.15, -0.1) is 0 Å². The van der Waals surface area contributed by atoms with Crippen LogP contribution in [0, 0.1) is 0 Å². The second-order valence-corrected chi connectivity index (χ2v) is 4.36. The zero-order chi connectivity index (χ0) is 11.1. The van der Waals surface area contributed by atoms with Crippen molar-refractivity contribution in [3.05, 3.63) is 33.8 Å². The summed E-state index contributed by atoms with van der Waals surface area (Å²) in [4.78, 5) is 11.7. The van der Waals surface area contributed by atoms with Crippen LogP contribution in [0.4, 0.5) is 0 Å². The molecule has 2 rings (SSSR count). The lowest BCUT2D eigenvalue weighted by Crippen LogP contribution is -2.21. The molecule has 0 amide bonds. The Morgan fingerprint density at radius 2 is 2.20 bits per heavy atom. The van der Waals surface area contributed by atoms with Crippen LogP contribution in [0.3, 0.4) is 0 Å². The fourth-order valence-electron chi connectivity index (χ4n) is 1.64. The first kappa shape index (κ1) is 10.9. The SMILES string of the molecule is CCC(=O)C1(c2ccc(Cl)cc2Cl)CO1. The number of ketones is 1. The first-order chi connectivity index (χ1) is 7.10. The molecule has 2 nitrogen and oxygen atoms in total. The highest BCUT2D eigenvalue weighted by molar-refractivity contribution is 6.35. The van der Waals surface area contributed by atoms with Crippen molar-refractivity contribution in [2.45, 2.75) is 18.9 Å². The van der Waals surface area contributed by atoms with E-state index in [2.05, 4.69) is 0 Å². The van der Waals surface area contributed by atoms with Gasteiger partial charge in [0, 0.05) is 22.0 Å². The summed E-state index contributed by atoms with van der Waals surface area (Å²) in [7, 11) is 0. The number of epoxide rings is 1. The molecule has 1 aromatic rings. The van der Waals surface area contributed by atoms with Gasteiger partial charge >= 0.3 is 0 Å². The second kappa shape index (κ2) is 3.78. The van der Waals surface area contributed by atoms with Crippen LogP contribution < -0.4 is 0 Å². The van der Waals surface area contributed by atoms with Gasteiger partial charge in [-0.05, 0) is 12.1 Å². The van der Waals surface area contributed by atoms with E-state index in [1.807, 2.05) is 6.92 Å². The minimum Gasteiger partial charge on any atom is -0.356 e. The van der Waals surface area contributed by atoms with Crippen molar-refractivity contribution in [1.29, 1.82) is 0 Å². The number of hydrogen-bond acceptors (Lipinski definition) is 2. The highest BCUT2D eigenvalue weighted by Gasteiger charge is 2.53. The lowest BCUT2D eigenvalue weighted by Gasteiger charge is -2.11. The Labute approximate surface area is 98.1 Å². The lowest BCUT2D eigenvalue weighted by molar-refractivity contribution is -0.124. The van der Waals surface area contributed by atoms with Crippen LogP contribution in [-0.2, 0) is 15.1 Å². The number of benzene rings is 1. The van der Waals surface area contributed by atoms with Gasteiger partial charge in [-0.3, -0.25) is 4.79 Å². The van der Waals surface area contributed by atoms with Crippen molar-refractivity contribution in [3.63, 3.8) is 0 Å². The monoisotopic (exact) mass is 244 g/mol. The zero-order valence-electron chi connectivity index (χ0n) is 8.22. The first-order valence-corrected chi connectivity index (χ1v) is 5.48. The van der Waals surface area contributed by atoms with Crippen molar-refractivity contribution < 1.29 is 9.53 Å². The molecule has 1 aliphatic rings. The predicted molar refractivity (Wildman–Crippen MR) is 59.4 cm³/mol. The number of carbonyl (C=O) groups excluding carboxylic acids is 1. The van der Waals surface area contributed by atoms with E-state index in [1.54, 1.807) is 18.2 Å². The summed E-state index contributed by atoms with van der Waals surface area (Å²) in [5.74, 6) is 0.0618. The van der Waals surface area contributed by atoms with Crippen LogP contribution in [0.15, 0.2) is 18.2 Å². The van der Waals surface area contributed by atoms with Crippen LogP contribution >= 0.6 is 23.2 Å². The van der Waals surface area contributed by atoms with Crippen molar-refractivity contribution in [3.8, 4) is 0 Å². The molecule has 0 N–H and O–H groups in total. The van der Waals surface area contributed by atoms with Gasteiger partial charge in [-0.25, -0.2) is 0 Å². The van der Waals surface area contributed by atoms with Crippen LogP contribution in [0.5, 0.6) is 0 Å². The van der Waals surface area contributed by atoms with Gasteiger partial charge in [-0.1, -0.05) is 36.2 Å². The summed E-state index contributed by atoms with van der Waals surface area (Å²) in [6.07, 6.45) is 0.443. The number of ether oxygens (including phenoxy) is 1. The lowest BCUT2D eigenvalue weighted by atomic mass is 9.94. The molecule has 1 atom stereocenters. The van der Waals surface area contributed by atoms with E-state index >= 15 is 0 Å². The smallest absolute Gasteiger partial charge is 0.176 e. The summed E-state index contributed by atoms with van der Waals surface area (Å²) < 4.78 is 5.28. The van der Waals surface area contributed by atoms with Gasteiger partial charge in [0.15, 0.2) is 11.4 Å². The Morgan fingerprint density at radius 1 is 1.53 bits per heavy atom. The summed E-state index contributed by atoms with van der Waals surface area (Å²) >= 11 is 11.8. The molecule has 0 bridgehead atoms. The Morgan fingerprint density at radius 3 is 2.67 bits per heavy atom. The first-order valence-electron chi connectivity index (χ1n) is 4.73. The topological polar surface area (TPSA) is 29.6 Å². The van der Waals surface area contributed by atoms with Crippen molar-refractivity contribution in [2.24, 2.45) is 0 Å². The molecular weight excluding hydrogens is 235 g/mol. The fourth-order valence-corrected chi connectivity index (χ4v) is 2.20. The molecular formula is C11H10Cl2O2. The van der Waals surface area contributed by atoms with Crippen LogP contribution in [0.1, 0.15) is 18.9 Å². The normalized spacial score (nSPS) is 23.9. The number of carbonyl (C=O) groups is 1. The van der Waals surface area contributed by atoms with Gasteiger partial charge in [0.2, 0.25) is 0 Å². The Bertz CT molecular complexity index is 411. The van der Waals surface area contributed by atoms with Crippen LogP contribution in [0.25, 0.3) is 0 Å². The number of rotatable bonds is 3. The van der Waals surface area contributed by atoms with Gasteiger partial charge in [-0.2, -0.15) is 0 Å². The van der Waals surface area contributed by atoms with Gasteiger partial charge < -0.3 is 4.74 Å². The predicted octanol–water partition coefficient (Wildman–Crippen LogP) is 3.20. The van der Waals surface area contributed by atoms with Gasteiger partial charge in [0.05, 0.1) is 6.61 Å². The van der Waals surface area contributed by atoms with Crippen LogP contribution in [0.2, 0.25) is 10.0 Å². The molecule has 1 saturated heterocycles. The van der Waals surface area contributed by atoms with E-state index < -0.39 is 5.60 Å². The summed E-state index contributed by atoms with van der Waals surface area (Å²) in [5, 5.41) is 1.05. The highest BCUT2D eigenvalue weighted by atomic mass is 35.5. The average molecular weight is 245 g/mol. The zero-order valence-corrected chi connectivity index (χ0v) is 9.73. The standard InChI is InChI=1S/C11H10Cl2O2/c1-2-10(14)11(6-15-11)8-4-3-7(12)5-9(8)13/h3-5H,2,6H2,1H3. The fraction of sp³-hybridized carbons (Fsp3) is 0.364. The third-order valence-electron chi connectivity index (χ3n) is 2.57. The minimum absolute atomic E-state index is 0.0618. The minimum atomic E-state index is -0.795. The van der Waals surface area contributed by atoms with E-state index in [1.165, 1.54) is 0 Å². The Kier molecular flexibility index (Phi) is 2.75. The van der Waals surface area contributed by atoms with Crippen molar-refractivity contribution in [1.82, 2.24) is 0 Å². The maximum atomic E-state index is 11.7. The van der Waals surface area contributed by atoms with Gasteiger partial charge in [0.1, 0.15) is 0 Å². The third-order valence-corrected chi connectivity index (χ3v) is 3.12. The summed E-state index contributed by atoms with van der Waals surface area (Å²) in [6.45, 7) is 2.23. The maximum absolute atomic E-state index is 11.7. The molecule has 0 radical (unpaired) electrons. The second-order valence-electron chi connectivity index (χ2n) is 3.52. The summed E-state index contributed by atoms with van der Waals surface area (Å²) in [5.41, 5.74) is -0.0726. The van der Waals surface area contributed by atoms with E-state index in [0.717, 1.165) is 5.56 Å². The molecule has 1 unspecified atom stereocenters. The number of hydrogen-bond donors (Lipinski definition) is 0.